The first-order chi connectivity index (χ1) is 8.98. The summed E-state index contributed by atoms with van der Waals surface area (Å²) in [5.74, 6) is -0.500. The third-order valence-corrected chi connectivity index (χ3v) is 3.00. The number of nitrogens with one attached hydrogen (secondary N) is 1. The molecule has 0 aromatic heterocycles. The molecule has 0 bridgehead atoms. The van der Waals surface area contributed by atoms with Gasteiger partial charge in [-0.2, -0.15) is 0 Å². The molecule has 0 aliphatic carbocycles. The molecule has 1 aromatic rings. The minimum atomic E-state index is -1.08. The van der Waals surface area contributed by atoms with E-state index in [1.165, 1.54) is 24.3 Å². The number of aliphatic hydroxyl groups excluding tert-OH is 2. The fourth-order valence-corrected chi connectivity index (χ4v) is 1.49. The summed E-state index contributed by atoms with van der Waals surface area (Å²) in [6, 6.07) is 5.09. The van der Waals surface area contributed by atoms with E-state index in [0.29, 0.717) is 6.42 Å². The van der Waals surface area contributed by atoms with E-state index in [-0.39, 0.29) is 11.3 Å². The van der Waals surface area contributed by atoms with Gasteiger partial charge in [-0.05, 0) is 18.6 Å². The van der Waals surface area contributed by atoms with Crippen LogP contribution in [-0.2, 0) is 0 Å². The predicted octanol–water partition coefficient (Wildman–Crippen LogP) is 0.458. The van der Waals surface area contributed by atoms with Crippen molar-refractivity contribution in [2.45, 2.75) is 18.9 Å². The molecule has 19 heavy (non-hydrogen) atoms. The number of nitrogens with zero attached hydrogens (tertiary/aromatic N) is 1. The number of nitro benzene ring substituents is 1. The van der Waals surface area contributed by atoms with Gasteiger partial charge in [0.2, 0.25) is 0 Å². The van der Waals surface area contributed by atoms with Crippen molar-refractivity contribution in [1.29, 1.82) is 0 Å². The second-order valence-electron chi connectivity index (χ2n) is 4.21. The van der Waals surface area contributed by atoms with Crippen LogP contribution in [0.2, 0.25) is 0 Å². The minimum absolute atomic E-state index is 0.109. The molecule has 0 fully saturated rings. The number of aliphatic hydroxyl groups is 2. The highest BCUT2D eigenvalue weighted by molar-refractivity contribution is 5.94. The monoisotopic (exact) mass is 268 g/mol. The van der Waals surface area contributed by atoms with Gasteiger partial charge in [0.25, 0.3) is 11.6 Å². The lowest BCUT2D eigenvalue weighted by molar-refractivity contribution is -0.384. The van der Waals surface area contributed by atoms with E-state index in [0.717, 1.165) is 0 Å². The van der Waals surface area contributed by atoms with Crippen molar-refractivity contribution in [3.8, 4) is 0 Å². The van der Waals surface area contributed by atoms with Gasteiger partial charge in [-0.1, -0.05) is 6.92 Å². The fraction of sp³-hybridized carbons (Fsp3) is 0.417. The number of carbonyl (C=O) groups is 1. The Morgan fingerprint density at radius 2 is 1.84 bits per heavy atom. The van der Waals surface area contributed by atoms with Crippen molar-refractivity contribution in [2.75, 3.05) is 13.2 Å². The first-order valence-corrected chi connectivity index (χ1v) is 5.76. The van der Waals surface area contributed by atoms with Crippen LogP contribution >= 0.6 is 0 Å². The molecule has 1 rings (SSSR count). The Bertz CT molecular complexity index is 445. The first-order valence-electron chi connectivity index (χ1n) is 5.76. The second-order valence-corrected chi connectivity index (χ2v) is 4.21. The number of non-ortho nitro benzene ring substituents is 1. The summed E-state index contributed by atoms with van der Waals surface area (Å²) in [5.41, 5.74) is -0.966. The Kier molecular flexibility index (Phi) is 4.96. The largest absolute Gasteiger partial charge is 0.394 e. The molecular weight excluding hydrogens is 252 g/mol. The zero-order valence-electron chi connectivity index (χ0n) is 10.5. The maximum atomic E-state index is 11.9. The Labute approximate surface area is 110 Å². The topological polar surface area (TPSA) is 113 Å². The van der Waals surface area contributed by atoms with Gasteiger partial charge in [0.15, 0.2) is 0 Å². The molecule has 7 heteroatoms. The van der Waals surface area contributed by atoms with Crippen molar-refractivity contribution in [3.63, 3.8) is 0 Å². The van der Waals surface area contributed by atoms with Crippen LogP contribution in [0.3, 0.4) is 0 Å². The van der Waals surface area contributed by atoms with Crippen LogP contribution in [-0.4, -0.2) is 39.8 Å². The van der Waals surface area contributed by atoms with Gasteiger partial charge in [0.1, 0.15) is 0 Å². The van der Waals surface area contributed by atoms with Crippen molar-refractivity contribution < 1.29 is 19.9 Å². The number of amides is 1. The Morgan fingerprint density at radius 3 is 2.21 bits per heavy atom. The van der Waals surface area contributed by atoms with Crippen LogP contribution in [0.4, 0.5) is 5.69 Å². The van der Waals surface area contributed by atoms with Crippen molar-refractivity contribution in [1.82, 2.24) is 5.32 Å². The smallest absolute Gasteiger partial charge is 0.269 e. The zero-order chi connectivity index (χ0) is 14.5. The summed E-state index contributed by atoms with van der Waals surface area (Å²) in [4.78, 5) is 21.8. The van der Waals surface area contributed by atoms with E-state index in [2.05, 4.69) is 5.32 Å². The second kappa shape index (κ2) is 6.26. The van der Waals surface area contributed by atoms with Gasteiger partial charge in [-0.3, -0.25) is 14.9 Å². The molecule has 0 heterocycles. The maximum absolute atomic E-state index is 11.9. The summed E-state index contributed by atoms with van der Waals surface area (Å²) < 4.78 is 0. The number of rotatable bonds is 6. The number of nitro groups is 1. The molecule has 3 N–H and O–H groups in total. The molecule has 0 unspecified atom stereocenters. The Hall–Kier alpha value is -1.99. The number of carbonyl (C=O) groups excluding carboxylic acids is 1. The predicted molar refractivity (Wildman–Crippen MR) is 67.8 cm³/mol. The molecule has 0 saturated heterocycles. The summed E-state index contributed by atoms with van der Waals surface area (Å²) in [7, 11) is 0. The lowest BCUT2D eigenvalue weighted by Crippen LogP contribution is -2.53. The number of hydrogen-bond donors (Lipinski definition) is 3. The fourth-order valence-electron chi connectivity index (χ4n) is 1.49. The highest BCUT2D eigenvalue weighted by Crippen LogP contribution is 2.14. The lowest BCUT2D eigenvalue weighted by atomic mass is 9.98. The van der Waals surface area contributed by atoms with Crippen LogP contribution in [0, 0.1) is 10.1 Å². The molecule has 7 nitrogen and oxygen atoms in total. The third-order valence-electron chi connectivity index (χ3n) is 3.00. The molecule has 0 atom stereocenters. The molecule has 0 radical (unpaired) electrons. The summed E-state index contributed by atoms with van der Waals surface area (Å²) >= 11 is 0. The molecular formula is C12H16N2O5. The molecule has 1 aromatic carbocycles. The third kappa shape index (κ3) is 3.49. The standard InChI is InChI=1S/C12H16N2O5/c1-2-12(7-15,8-16)13-11(17)9-3-5-10(6-4-9)14(18)19/h3-6,15-16H,2,7-8H2,1H3,(H,13,17). The Balaban J connectivity index is 2.86. The first kappa shape index (κ1) is 15.1. The molecule has 104 valence electrons. The average molecular weight is 268 g/mol. The van der Waals surface area contributed by atoms with Gasteiger partial charge in [-0.25, -0.2) is 0 Å². The van der Waals surface area contributed by atoms with E-state index in [1.54, 1.807) is 6.92 Å². The van der Waals surface area contributed by atoms with Crippen LogP contribution in [0.25, 0.3) is 0 Å². The summed E-state index contributed by atoms with van der Waals surface area (Å²) in [6.45, 7) is 0.944. The zero-order valence-corrected chi connectivity index (χ0v) is 10.5. The minimum Gasteiger partial charge on any atom is -0.394 e. The van der Waals surface area contributed by atoms with E-state index in [9.17, 15) is 25.1 Å². The van der Waals surface area contributed by atoms with Gasteiger partial charge in [-0.15, -0.1) is 0 Å². The highest BCUT2D eigenvalue weighted by atomic mass is 16.6. The highest BCUT2D eigenvalue weighted by Gasteiger charge is 2.28. The quantitative estimate of drug-likeness (QED) is 0.512. The van der Waals surface area contributed by atoms with E-state index < -0.39 is 29.6 Å². The summed E-state index contributed by atoms with van der Waals surface area (Å²) in [6.07, 6.45) is 0.360. The van der Waals surface area contributed by atoms with Gasteiger partial charge in [0.05, 0.1) is 23.7 Å². The molecule has 0 saturated carbocycles. The Morgan fingerprint density at radius 1 is 1.32 bits per heavy atom. The van der Waals surface area contributed by atoms with Crippen molar-refractivity contribution >= 4 is 11.6 Å². The average Bonchev–Trinajstić information content (AvgIpc) is 2.45. The van der Waals surface area contributed by atoms with E-state index in [4.69, 9.17) is 0 Å². The van der Waals surface area contributed by atoms with E-state index >= 15 is 0 Å². The van der Waals surface area contributed by atoms with Gasteiger partial charge < -0.3 is 15.5 Å². The molecule has 0 aliphatic rings. The van der Waals surface area contributed by atoms with Gasteiger partial charge in [0, 0.05) is 17.7 Å². The summed E-state index contributed by atoms with van der Waals surface area (Å²) in [5, 5.41) is 31.5. The van der Waals surface area contributed by atoms with E-state index in [1.807, 2.05) is 0 Å². The SMILES string of the molecule is CCC(CO)(CO)NC(=O)c1ccc([N+](=O)[O-])cc1. The normalized spacial score (nSPS) is 11.1. The van der Waals surface area contributed by atoms with Crippen LogP contribution in [0.15, 0.2) is 24.3 Å². The van der Waals surface area contributed by atoms with Gasteiger partial charge >= 0.3 is 0 Å². The van der Waals surface area contributed by atoms with Crippen molar-refractivity contribution in [2.24, 2.45) is 0 Å². The number of hydrogen-bond acceptors (Lipinski definition) is 5. The van der Waals surface area contributed by atoms with Crippen molar-refractivity contribution in [3.05, 3.63) is 39.9 Å². The number of benzene rings is 1. The molecule has 1 amide bonds. The van der Waals surface area contributed by atoms with Crippen LogP contribution in [0.1, 0.15) is 23.7 Å². The lowest BCUT2D eigenvalue weighted by Gasteiger charge is -2.29. The molecule has 0 spiro atoms. The van der Waals surface area contributed by atoms with Crippen LogP contribution < -0.4 is 5.32 Å². The maximum Gasteiger partial charge on any atom is 0.269 e. The van der Waals surface area contributed by atoms with Crippen LogP contribution in [0.5, 0.6) is 0 Å². The molecule has 0 aliphatic heterocycles.